The average Bonchev–Trinajstić information content (AvgIpc) is 3.22. The van der Waals surface area contributed by atoms with Gasteiger partial charge in [0.15, 0.2) is 11.5 Å². The molecule has 1 heterocycles. The SMILES string of the molecule is CC(C)[CH2][AlH][CH2]C(C)C.CCCCOCCOCCOCc1cc2c(cc1CCC)OCO2. The molecule has 0 bridgehead atoms. The van der Waals surface area contributed by atoms with Crippen molar-refractivity contribution in [3.05, 3.63) is 23.3 Å². The summed E-state index contributed by atoms with van der Waals surface area (Å²) in [6.45, 7) is 17.8. The first-order valence-corrected chi connectivity index (χ1v) is 15.1. The van der Waals surface area contributed by atoms with Crippen LogP contribution < -0.4 is 9.47 Å². The lowest BCUT2D eigenvalue weighted by molar-refractivity contribution is 0.0101. The Balaban J connectivity index is 0.000000513. The molecule has 0 saturated heterocycles. The van der Waals surface area contributed by atoms with Gasteiger partial charge in [0, 0.05) is 6.61 Å². The largest absolute Gasteiger partial charge is 0.454 e. The molecule has 0 radical (unpaired) electrons. The van der Waals surface area contributed by atoms with Crippen molar-refractivity contribution in [2.75, 3.05) is 39.8 Å². The van der Waals surface area contributed by atoms with Crippen molar-refractivity contribution < 1.29 is 23.7 Å². The number of hydrogen-bond acceptors (Lipinski definition) is 5. The minimum atomic E-state index is 0.305. The van der Waals surface area contributed by atoms with Crippen molar-refractivity contribution in [1.82, 2.24) is 0 Å². The molecule has 0 atom stereocenters. The van der Waals surface area contributed by atoms with E-state index in [4.69, 9.17) is 23.7 Å². The van der Waals surface area contributed by atoms with Gasteiger partial charge in [-0.3, -0.25) is 0 Å². The topological polar surface area (TPSA) is 46.2 Å². The van der Waals surface area contributed by atoms with E-state index >= 15 is 0 Å². The molecule has 1 aliphatic rings. The van der Waals surface area contributed by atoms with Crippen molar-refractivity contribution >= 4 is 15.2 Å². The molecule has 6 heteroatoms. The van der Waals surface area contributed by atoms with Gasteiger partial charge in [-0.15, -0.1) is 0 Å². The number of unbranched alkanes of at least 4 members (excludes halogenated alkanes) is 1. The molecule has 0 spiro atoms. The van der Waals surface area contributed by atoms with Crippen molar-refractivity contribution in [2.45, 2.75) is 84.4 Å². The van der Waals surface area contributed by atoms with E-state index in [0.29, 0.717) is 55.0 Å². The predicted molar refractivity (Wildman–Crippen MR) is 139 cm³/mol. The fourth-order valence-electron chi connectivity index (χ4n) is 3.47. The quantitative estimate of drug-likeness (QED) is 0.194. The van der Waals surface area contributed by atoms with E-state index in [2.05, 4.69) is 47.6 Å². The van der Waals surface area contributed by atoms with E-state index in [-0.39, 0.29) is 0 Å². The maximum Gasteiger partial charge on any atom is 0.237 e. The summed E-state index contributed by atoms with van der Waals surface area (Å²) in [5, 5.41) is 3.08. The van der Waals surface area contributed by atoms with Crippen LogP contribution in [0.25, 0.3) is 0 Å². The van der Waals surface area contributed by atoms with Crippen LogP contribution in [0.2, 0.25) is 10.6 Å². The van der Waals surface area contributed by atoms with E-state index in [1.807, 2.05) is 6.07 Å². The van der Waals surface area contributed by atoms with E-state index < -0.39 is 0 Å². The molecule has 0 aliphatic carbocycles. The van der Waals surface area contributed by atoms with Gasteiger partial charge < -0.3 is 23.7 Å². The molecule has 0 N–H and O–H groups in total. The molecule has 0 fully saturated rings. The van der Waals surface area contributed by atoms with Gasteiger partial charge in [0.25, 0.3) is 0 Å². The summed E-state index contributed by atoms with van der Waals surface area (Å²) >= 11 is 0.316. The van der Waals surface area contributed by atoms with Crippen molar-refractivity contribution in [2.24, 2.45) is 11.8 Å². The van der Waals surface area contributed by atoms with Crippen LogP contribution in [0.4, 0.5) is 0 Å². The lowest BCUT2D eigenvalue weighted by Crippen LogP contribution is -2.10. The molecule has 0 aromatic heterocycles. The van der Waals surface area contributed by atoms with Gasteiger partial charge in [0.2, 0.25) is 22.0 Å². The highest BCUT2D eigenvalue weighted by molar-refractivity contribution is 6.35. The lowest BCUT2D eigenvalue weighted by atomic mass is 10.0. The number of hydrogen-bond donors (Lipinski definition) is 0. The van der Waals surface area contributed by atoms with Crippen LogP contribution in [0.3, 0.4) is 0 Å². The fraction of sp³-hybridized carbons (Fsp3) is 0.778. The zero-order chi connectivity index (χ0) is 24.3. The molecule has 1 aromatic rings. The smallest absolute Gasteiger partial charge is 0.237 e. The summed E-state index contributed by atoms with van der Waals surface area (Å²) < 4.78 is 27.6. The molecule has 2 rings (SSSR count). The summed E-state index contributed by atoms with van der Waals surface area (Å²) in [5.41, 5.74) is 2.44. The first kappa shape index (κ1) is 30.3. The Hall–Kier alpha value is -0.768. The highest BCUT2D eigenvalue weighted by Gasteiger charge is 2.16. The van der Waals surface area contributed by atoms with Gasteiger partial charge in [-0.05, 0) is 36.1 Å². The summed E-state index contributed by atoms with van der Waals surface area (Å²) in [6, 6.07) is 4.12. The lowest BCUT2D eigenvalue weighted by Gasteiger charge is -2.11. The molecule has 190 valence electrons. The van der Waals surface area contributed by atoms with Crippen LogP contribution in [-0.2, 0) is 27.2 Å². The predicted octanol–water partition coefficient (Wildman–Crippen LogP) is 6.29. The zero-order valence-electron chi connectivity index (χ0n) is 22.3. The summed E-state index contributed by atoms with van der Waals surface area (Å²) in [4.78, 5) is 0. The van der Waals surface area contributed by atoms with Crippen molar-refractivity contribution in [1.29, 1.82) is 0 Å². The molecule has 0 saturated carbocycles. The molecular weight excluding hydrogens is 431 g/mol. The Labute approximate surface area is 209 Å². The van der Waals surface area contributed by atoms with Crippen LogP contribution in [0.1, 0.15) is 71.9 Å². The second kappa shape index (κ2) is 19.5. The molecule has 0 unspecified atom stereocenters. The minimum Gasteiger partial charge on any atom is -0.454 e. The van der Waals surface area contributed by atoms with Crippen molar-refractivity contribution in [3.63, 3.8) is 0 Å². The number of aryl methyl sites for hydroxylation is 1. The Morgan fingerprint density at radius 1 is 0.758 bits per heavy atom. The van der Waals surface area contributed by atoms with Crippen LogP contribution in [-0.4, -0.2) is 55.0 Å². The number of fused-ring (bicyclic) bond motifs is 1. The van der Waals surface area contributed by atoms with Gasteiger partial charge in [0.05, 0.1) is 33.0 Å². The fourth-order valence-corrected chi connectivity index (χ4v) is 5.33. The van der Waals surface area contributed by atoms with E-state index in [1.165, 1.54) is 21.7 Å². The van der Waals surface area contributed by atoms with Gasteiger partial charge >= 0.3 is 0 Å². The third-order valence-electron chi connectivity index (χ3n) is 5.42. The normalized spacial score (nSPS) is 12.2. The van der Waals surface area contributed by atoms with Gasteiger partial charge in [-0.2, -0.15) is 0 Å². The highest BCUT2D eigenvalue weighted by atomic mass is 27.1. The number of rotatable bonds is 17. The Morgan fingerprint density at radius 2 is 1.30 bits per heavy atom. The second-order valence-electron chi connectivity index (χ2n) is 9.57. The van der Waals surface area contributed by atoms with Crippen LogP contribution in [0.5, 0.6) is 11.5 Å². The second-order valence-corrected chi connectivity index (χ2v) is 11.4. The zero-order valence-corrected chi connectivity index (χ0v) is 23.7. The van der Waals surface area contributed by atoms with Crippen LogP contribution in [0.15, 0.2) is 12.1 Å². The molecule has 0 amide bonds. The minimum absolute atomic E-state index is 0.305. The van der Waals surface area contributed by atoms with Gasteiger partial charge in [-0.25, -0.2) is 0 Å². The monoisotopic (exact) mass is 480 g/mol. The number of benzene rings is 1. The standard InChI is InChI=1S/C19H30O5.2C4H9.Al.H/c1-3-5-7-20-8-9-21-10-11-22-14-17-13-19-18(23-15-24-19)12-16(17)6-4-2;2*1-4(2)3;;/h12-13H,3-11,14-15H2,1-2H3;2*4H,1H2,2-3H3;;. The van der Waals surface area contributed by atoms with E-state index in [0.717, 1.165) is 55.6 Å². The summed E-state index contributed by atoms with van der Waals surface area (Å²) in [5.74, 6) is 3.56. The third kappa shape index (κ3) is 15.0. The molecule has 5 nitrogen and oxygen atoms in total. The van der Waals surface area contributed by atoms with Crippen LogP contribution >= 0.6 is 0 Å². The molecular formula is C27H49AlO5. The van der Waals surface area contributed by atoms with E-state index in [9.17, 15) is 0 Å². The number of ether oxygens (including phenoxy) is 5. The Bertz CT molecular complexity index is 598. The maximum absolute atomic E-state index is 5.75. The Morgan fingerprint density at radius 3 is 1.85 bits per heavy atom. The highest BCUT2D eigenvalue weighted by Crippen LogP contribution is 2.35. The summed E-state index contributed by atoms with van der Waals surface area (Å²) in [6.07, 6.45) is 4.38. The van der Waals surface area contributed by atoms with E-state index in [1.54, 1.807) is 0 Å². The van der Waals surface area contributed by atoms with Gasteiger partial charge in [0.1, 0.15) is 0 Å². The van der Waals surface area contributed by atoms with Crippen molar-refractivity contribution in [3.8, 4) is 11.5 Å². The molecule has 1 aromatic carbocycles. The first-order chi connectivity index (χ1) is 16.0. The van der Waals surface area contributed by atoms with Gasteiger partial charge in [-0.1, -0.05) is 76.8 Å². The first-order valence-electron chi connectivity index (χ1n) is 13.1. The Kier molecular flexibility index (Phi) is 17.9. The summed E-state index contributed by atoms with van der Waals surface area (Å²) in [7, 11) is 0. The third-order valence-corrected chi connectivity index (χ3v) is 8.55. The maximum atomic E-state index is 5.75. The van der Waals surface area contributed by atoms with Crippen LogP contribution in [0, 0.1) is 11.8 Å². The molecule has 1 aliphatic heterocycles. The molecule has 33 heavy (non-hydrogen) atoms. The average molecular weight is 481 g/mol.